The Morgan fingerprint density at radius 2 is 2.25 bits per heavy atom. The maximum Gasteiger partial charge on any atom is 0.160 e. The van der Waals surface area contributed by atoms with Crippen LogP contribution in [0, 0.1) is 0 Å². The van der Waals surface area contributed by atoms with Gasteiger partial charge in [-0.1, -0.05) is 6.07 Å². The minimum atomic E-state index is -0.772. The predicted molar refractivity (Wildman–Crippen MR) is 76.7 cm³/mol. The molecule has 0 saturated carbocycles. The van der Waals surface area contributed by atoms with Crippen LogP contribution in [0.25, 0.3) is 0 Å². The molecule has 0 aromatic heterocycles. The Balaban J connectivity index is 2.80. The fourth-order valence-electron chi connectivity index (χ4n) is 1.83. The summed E-state index contributed by atoms with van der Waals surface area (Å²) in [4.78, 5) is 11.1. The number of ether oxygens (including phenoxy) is 1. The van der Waals surface area contributed by atoms with E-state index in [0.717, 1.165) is 11.3 Å². The minimum Gasteiger partial charge on any atom is -0.481 e. The average Bonchev–Trinajstić information content (AvgIpc) is 2.46. The molecule has 0 heterocycles. The number of hydrogen-bond donors (Lipinski definition) is 4. The standard InChI is InChI=1S/C14H22N2O4/c1-16-13-3-2-10(8-15)6-14(13)20-12(9-18)7-11(19)4-5-17/h2-3,6,9,11-12,16-17,19H,4-5,7-8,15H2,1H3. The highest BCUT2D eigenvalue weighted by atomic mass is 16.5. The first-order valence-corrected chi connectivity index (χ1v) is 6.56. The number of anilines is 1. The van der Waals surface area contributed by atoms with Gasteiger partial charge in [-0.2, -0.15) is 0 Å². The van der Waals surface area contributed by atoms with Gasteiger partial charge in [-0.15, -0.1) is 0 Å². The molecule has 0 aliphatic heterocycles. The molecule has 20 heavy (non-hydrogen) atoms. The zero-order valence-electron chi connectivity index (χ0n) is 11.6. The van der Waals surface area contributed by atoms with E-state index in [4.69, 9.17) is 15.6 Å². The molecule has 1 aromatic carbocycles. The second kappa shape index (κ2) is 8.52. The van der Waals surface area contributed by atoms with E-state index in [0.29, 0.717) is 18.6 Å². The molecule has 0 fully saturated rings. The van der Waals surface area contributed by atoms with Crippen LogP contribution in [0.4, 0.5) is 5.69 Å². The molecule has 1 rings (SSSR count). The van der Waals surface area contributed by atoms with Crippen LogP contribution in [0.5, 0.6) is 5.75 Å². The maximum absolute atomic E-state index is 11.1. The van der Waals surface area contributed by atoms with Crippen molar-refractivity contribution in [1.82, 2.24) is 0 Å². The third kappa shape index (κ3) is 4.80. The first kappa shape index (κ1) is 16.4. The number of nitrogens with one attached hydrogen (secondary N) is 1. The molecule has 6 nitrogen and oxygen atoms in total. The van der Waals surface area contributed by atoms with Crippen molar-refractivity contribution < 1.29 is 19.7 Å². The van der Waals surface area contributed by atoms with Gasteiger partial charge >= 0.3 is 0 Å². The number of aliphatic hydroxyl groups excluding tert-OH is 2. The number of rotatable bonds is 9. The van der Waals surface area contributed by atoms with Gasteiger partial charge in [0, 0.05) is 26.6 Å². The highest BCUT2D eigenvalue weighted by Crippen LogP contribution is 2.27. The number of aliphatic hydroxyl groups is 2. The number of carbonyl (C=O) groups excluding carboxylic acids is 1. The van der Waals surface area contributed by atoms with E-state index in [1.165, 1.54) is 0 Å². The molecule has 2 atom stereocenters. The molecule has 2 unspecified atom stereocenters. The molecule has 0 saturated heterocycles. The Labute approximate surface area is 118 Å². The van der Waals surface area contributed by atoms with Gasteiger partial charge in [-0.3, -0.25) is 4.79 Å². The Hall–Kier alpha value is -1.63. The minimum absolute atomic E-state index is 0.128. The van der Waals surface area contributed by atoms with Crippen LogP contribution < -0.4 is 15.8 Å². The molecule has 112 valence electrons. The van der Waals surface area contributed by atoms with Gasteiger partial charge in [-0.25, -0.2) is 0 Å². The van der Waals surface area contributed by atoms with Gasteiger partial charge in [0.15, 0.2) is 12.4 Å². The molecule has 1 aromatic rings. The van der Waals surface area contributed by atoms with Crippen LogP contribution in [0.1, 0.15) is 18.4 Å². The highest BCUT2D eigenvalue weighted by molar-refractivity contribution is 5.61. The SMILES string of the molecule is CNc1ccc(CN)cc1OC(C=O)CC(O)CCO. The summed E-state index contributed by atoms with van der Waals surface area (Å²) in [5.74, 6) is 0.517. The third-order valence-electron chi connectivity index (χ3n) is 2.95. The summed E-state index contributed by atoms with van der Waals surface area (Å²) < 4.78 is 5.62. The number of nitrogens with two attached hydrogens (primary N) is 1. The van der Waals surface area contributed by atoms with Crippen molar-refractivity contribution in [3.05, 3.63) is 23.8 Å². The third-order valence-corrected chi connectivity index (χ3v) is 2.95. The lowest BCUT2D eigenvalue weighted by Gasteiger charge is -2.19. The van der Waals surface area contributed by atoms with Crippen molar-refractivity contribution in [3.63, 3.8) is 0 Å². The molecule has 0 aliphatic carbocycles. The second-order valence-corrected chi connectivity index (χ2v) is 4.48. The molecule has 0 amide bonds. The van der Waals surface area contributed by atoms with Crippen molar-refractivity contribution in [3.8, 4) is 5.75 Å². The summed E-state index contributed by atoms with van der Waals surface area (Å²) in [6.45, 7) is 0.246. The van der Waals surface area contributed by atoms with E-state index in [1.807, 2.05) is 12.1 Å². The van der Waals surface area contributed by atoms with Crippen molar-refractivity contribution in [2.45, 2.75) is 31.6 Å². The Kier molecular flexibility index (Phi) is 7.00. The van der Waals surface area contributed by atoms with Crippen molar-refractivity contribution in [2.24, 2.45) is 5.73 Å². The van der Waals surface area contributed by atoms with E-state index in [2.05, 4.69) is 5.32 Å². The van der Waals surface area contributed by atoms with Crippen LogP contribution >= 0.6 is 0 Å². The Morgan fingerprint density at radius 3 is 2.80 bits per heavy atom. The number of hydrogen-bond acceptors (Lipinski definition) is 6. The van der Waals surface area contributed by atoms with E-state index in [9.17, 15) is 9.90 Å². The number of benzene rings is 1. The molecule has 0 radical (unpaired) electrons. The largest absolute Gasteiger partial charge is 0.481 e. The monoisotopic (exact) mass is 282 g/mol. The molecular weight excluding hydrogens is 260 g/mol. The van der Waals surface area contributed by atoms with Gasteiger partial charge < -0.3 is 26.0 Å². The number of carbonyl (C=O) groups is 1. The van der Waals surface area contributed by atoms with Gasteiger partial charge in [0.2, 0.25) is 0 Å². The lowest BCUT2D eigenvalue weighted by atomic mass is 10.1. The maximum atomic E-state index is 11.1. The van der Waals surface area contributed by atoms with Crippen LogP contribution in [-0.4, -0.2) is 42.4 Å². The van der Waals surface area contributed by atoms with Crippen LogP contribution in [0.3, 0.4) is 0 Å². The van der Waals surface area contributed by atoms with E-state index in [-0.39, 0.29) is 19.4 Å². The molecule has 0 aliphatic rings. The lowest BCUT2D eigenvalue weighted by Crippen LogP contribution is -2.25. The zero-order chi connectivity index (χ0) is 15.0. The summed E-state index contributed by atoms with van der Waals surface area (Å²) in [7, 11) is 1.75. The molecular formula is C14H22N2O4. The van der Waals surface area contributed by atoms with E-state index < -0.39 is 12.2 Å². The summed E-state index contributed by atoms with van der Waals surface area (Å²) in [5.41, 5.74) is 7.21. The van der Waals surface area contributed by atoms with Crippen molar-refractivity contribution >= 4 is 12.0 Å². The van der Waals surface area contributed by atoms with Crippen molar-refractivity contribution in [2.75, 3.05) is 19.0 Å². The van der Waals surface area contributed by atoms with Crippen molar-refractivity contribution in [1.29, 1.82) is 0 Å². The summed E-state index contributed by atoms with van der Waals surface area (Å²) in [6.07, 6.45) is -0.535. The van der Waals surface area contributed by atoms with Crippen LogP contribution in [-0.2, 0) is 11.3 Å². The molecule has 0 bridgehead atoms. The van der Waals surface area contributed by atoms with E-state index in [1.54, 1.807) is 13.1 Å². The van der Waals surface area contributed by atoms with Crippen LogP contribution in [0.15, 0.2) is 18.2 Å². The topological polar surface area (TPSA) is 105 Å². The van der Waals surface area contributed by atoms with Gasteiger partial charge in [0.25, 0.3) is 0 Å². The Morgan fingerprint density at radius 1 is 1.50 bits per heavy atom. The normalized spacial score (nSPS) is 13.6. The molecule has 0 spiro atoms. The highest BCUT2D eigenvalue weighted by Gasteiger charge is 2.17. The van der Waals surface area contributed by atoms with E-state index >= 15 is 0 Å². The van der Waals surface area contributed by atoms with Gasteiger partial charge in [0.05, 0.1) is 11.8 Å². The van der Waals surface area contributed by atoms with Gasteiger partial charge in [-0.05, 0) is 24.1 Å². The first-order valence-electron chi connectivity index (χ1n) is 6.56. The number of aldehydes is 1. The lowest BCUT2D eigenvalue weighted by molar-refractivity contribution is -0.115. The fourth-order valence-corrected chi connectivity index (χ4v) is 1.83. The fraction of sp³-hybridized carbons (Fsp3) is 0.500. The van der Waals surface area contributed by atoms with Crippen LogP contribution in [0.2, 0.25) is 0 Å². The summed E-state index contributed by atoms with van der Waals surface area (Å²) in [5, 5.41) is 21.3. The second-order valence-electron chi connectivity index (χ2n) is 4.48. The quantitative estimate of drug-likeness (QED) is 0.484. The summed E-state index contributed by atoms with van der Waals surface area (Å²) >= 11 is 0. The Bertz CT molecular complexity index is 426. The molecule has 5 N–H and O–H groups in total. The smallest absolute Gasteiger partial charge is 0.160 e. The van der Waals surface area contributed by atoms with Gasteiger partial charge in [0.1, 0.15) is 5.75 Å². The average molecular weight is 282 g/mol. The first-order chi connectivity index (χ1) is 9.64. The summed E-state index contributed by atoms with van der Waals surface area (Å²) in [6, 6.07) is 5.46. The molecule has 6 heteroatoms. The predicted octanol–water partition coefficient (Wildman–Crippen LogP) is 0.267. The zero-order valence-corrected chi connectivity index (χ0v) is 11.6.